The van der Waals surface area contributed by atoms with Gasteiger partial charge in [0.1, 0.15) is 22.0 Å². The van der Waals surface area contributed by atoms with Crippen LogP contribution in [-0.4, -0.2) is 40.0 Å². The van der Waals surface area contributed by atoms with Gasteiger partial charge in [0.05, 0.1) is 11.7 Å². The van der Waals surface area contributed by atoms with Gasteiger partial charge in [0.15, 0.2) is 0 Å². The Morgan fingerprint density at radius 1 is 1.19 bits per heavy atom. The molecule has 0 radical (unpaired) electrons. The molecule has 7 nitrogen and oxygen atoms in total. The molecule has 3 aromatic rings. The highest BCUT2D eigenvalue weighted by Gasteiger charge is 2.40. The standard InChI is InChI=1S/C17H15ClN4O3S2/c18-11-6-8-12(9-7-11)19-17(23)14-4-2-10-22(14)27(24,25)15-5-1-3-13-16(15)21-26-20-13/h1,3,5-9,14H,2,4,10H2,(H,19,23)/t14-/m1/s1. The summed E-state index contributed by atoms with van der Waals surface area (Å²) in [7, 11) is -3.87. The molecule has 0 bridgehead atoms. The lowest BCUT2D eigenvalue weighted by molar-refractivity contribution is -0.119. The summed E-state index contributed by atoms with van der Waals surface area (Å²) in [6.07, 6.45) is 1.08. The molecule has 27 heavy (non-hydrogen) atoms. The van der Waals surface area contributed by atoms with Crippen LogP contribution >= 0.6 is 23.3 Å². The average molecular weight is 423 g/mol. The fourth-order valence-corrected chi connectivity index (χ4v) is 5.70. The summed E-state index contributed by atoms with van der Waals surface area (Å²) in [5.74, 6) is -0.359. The van der Waals surface area contributed by atoms with Crippen LogP contribution in [0.2, 0.25) is 5.02 Å². The van der Waals surface area contributed by atoms with Crippen LogP contribution in [-0.2, 0) is 14.8 Å². The first-order chi connectivity index (χ1) is 13.0. The SMILES string of the molecule is O=C(Nc1ccc(Cl)cc1)[C@H]1CCCN1S(=O)(=O)c1cccc2nsnc12. The van der Waals surface area contributed by atoms with Crippen LogP contribution in [0.5, 0.6) is 0 Å². The molecule has 0 unspecified atom stereocenters. The highest BCUT2D eigenvalue weighted by Crippen LogP contribution is 2.30. The molecule has 4 rings (SSSR count). The van der Waals surface area contributed by atoms with E-state index in [1.807, 2.05) is 0 Å². The van der Waals surface area contributed by atoms with Crippen molar-refractivity contribution in [1.82, 2.24) is 13.1 Å². The number of sulfonamides is 1. The molecule has 2 aromatic carbocycles. The summed E-state index contributed by atoms with van der Waals surface area (Å²) < 4.78 is 35.9. The summed E-state index contributed by atoms with van der Waals surface area (Å²) in [5.41, 5.74) is 1.44. The van der Waals surface area contributed by atoms with Crippen molar-refractivity contribution >= 4 is 56.0 Å². The molecule has 1 aliphatic rings. The van der Waals surface area contributed by atoms with E-state index in [0.717, 1.165) is 11.7 Å². The first-order valence-corrected chi connectivity index (χ1v) is 10.8. The van der Waals surface area contributed by atoms with Crippen molar-refractivity contribution in [3.05, 3.63) is 47.5 Å². The maximum atomic E-state index is 13.2. The van der Waals surface area contributed by atoms with Crippen molar-refractivity contribution < 1.29 is 13.2 Å². The maximum Gasteiger partial charge on any atom is 0.246 e. The van der Waals surface area contributed by atoms with Crippen LogP contribution in [0.4, 0.5) is 5.69 Å². The number of halogens is 1. The topological polar surface area (TPSA) is 92.3 Å². The molecule has 1 atom stereocenters. The van der Waals surface area contributed by atoms with E-state index in [1.165, 1.54) is 10.4 Å². The number of amides is 1. The molecular weight excluding hydrogens is 408 g/mol. The Kier molecular flexibility index (Phi) is 4.85. The van der Waals surface area contributed by atoms with Crippen LogP contribution in [0.3, 0.4) is 0 Å². The van der Waals surface area contributed by atoms with Crippen molar-refractivity contribution in [1.29, 1.82) is 0 Å². The summed E-state index contributed by atoms with van der Waals surface area (Å²) in [6, 6.07) is 10.8. The molecule has 1 fully saturated rings. The number of nitrogens with zero attached hydrogens (tertiary/aromatic N) is 3. The Balaban J connectivity index is 1.63. The van der Waals surface area contributed by atoms with E-state index in [2.05, 4.69) is 14.1 Å². The van der Waals surface area contributed by atoms with Crippen molar-refractivity contribution in [2.45, 2.75) is 23.8 Å². The molecule has 140 valence electrons. The Labute approximate surface area is 165 Å². The number of rotatable bonds is 4. The molecule has 1 aliphatic heterocycles. The lowest BCUT2D eigenvalue weighted by Gasteiger charge is -2.23. The third-order valence-corrected chi connectivity index (χ3v) is 7.19. The predicted molar refractivity (Wildman–Crippen MR) is 104 cm³/mol. The van der Waals surface area contributed by atoms with Gasteiger partial charge in [-0.2, -0.15) is 13.1 Å². The summed E-state index contributed by atoms with van der Waals surface area (Å²) in [6.45, 7) is 0.287. The van der Waals surface area contributed by atoms with Crippen LogP contribution < -0.4 is 5.32 Å². The Hall–Kier alpha value is -2.07. The number of carbonyl (C=O) groups excluding carboxylic acids is 1. The molecule has 0 saturated carbocycles. The van der Waals surface area contributed by atoms with Gasteiger partial charge in [0.25, 0.3) is 0 Å². The fourth-order valence-electron chi connectivity index (χ4n) is 3.16. The largest absolute Gasteiger partial charge is 0.325 e. The van der Waals surface area contributed by atoms with Gasteiger partial charge < -0.3 is 5.32 Å². The summed E-state index contributed by atoms with van der Waals surface area (Å²) in [5, 5.41) is 3.33. The third kappa shape index (κ3) is 3.43. The highest BCUT2D eigenvalue weighted by atomic mass is 35.5. The zero-order valence-corrected chi connectivity index (χ0v) is 16.4. The van der Waals surface area contributed by atoms with E-state index in [-0.39, 0.29) is 17.3 Å². The van der Waals surface area contributed by atoms with E-state index in [9.17, 15) is 13.2 Å². The monoisotopic (exact) mass is 422 g/mol. The van der Waals surface area contributed by atoms with E-state index in [0.29, 0.717) is 34.6 Å². The van der Waals surface area contributed by atoms with E-state index in [4.69, 9.17) is 11.6 Å². The Bertz CT molecular complexity index is 1100. The van der Waals surface area contributed by atoms with Gasteiger partial charge in [-0.1, -0.05) is 17.7 Å². The second-order valence-corrected chi connectivity index (χ2v) is 8.98. The zero-order valence-electron chi connectivity index (χ0n) is 14.0. The minimum Gasteiger partial charge on any atom is -0.325 e. The van der Waals surface area contributed by atoms with Crippen LogP contribution in [0.15, 0.2) is 47.4 Å². The quantitative estimate of drug-likeness (QED) is 0.697. The van der Waals surface area contributed by atoms with E-state index >= 15 is 0 Å². The molecular formula is C17H15ClN4O3S2. The number of hydrogen-bond acceptors (Lipinski definition) is 6. The van der Waals surface area contributed by atoms with Crippen LogP contribution in [0.25, 0.3) is 11.0 Å². The molecule has 1 amide bonds. The van der Waals surface area contributed by atoms with Crippen molar-refractivity contribution in [3.8, 4) is 0 Å². The van der Waals surface area contributed by atoms with Crippen LogP contribution in [0.1, 0.15) is 12.8 Å². The zero-order chi connectivity index (χ0) is 19.0. The smallest absolute Gasteiger partial charge is 0.246 e. The van der Waals surface area contributed by atoms with E-state index in [1.54, 1.807) is 36.4 Å². The molecule has 1 N–H and O–H groups in total. The van der Waals surface area contributed by atoms with Crippen LogP contribution in [0, 0.1) is 0 Å². The number of benzene rings is 2. The third-order valence-electron chi connectivity index (χ3n) is 4.45. The van der Waals surface area contributed by atoms with Gasteiger partial charge in [-0.05, 0) is 49.2 Å². The lowest BCUT2D eigenvalue weighted by Crippen LogP contribution is -2.43. The number of hydrogen-bond donors (Lipinski definition) is 1. The van der Waals surface area contributed by atoms with Gasteiger partial charge in [0.2, 0.25) is 15.9 Å². The van der Waals surface area contributed by atoms with Crippen molar-refractivity contribution in [3.63, 3.8) is 0 Å². The number of aromatic nitrogens is 2. The van der Waals surface area contributed by atoms with Gasteiger partial charge in [-0.3, -0.25) is 4.79 Å². The molecule has 2 heterocycles. The highest BCUT2D eigenvalue weighted by molar-refractivity contribution is 7.89. The summed E-state index contributed by atoms with van der Waals surface area (Å²) >= 11 is 6.82. The summed E-state index contributed by atoms with van der Waals surface area (Å²) in [4.78, 5) is 12.8. The Morgan fingerprint density at radius 3 is 2.74 bits per heavy atom. The Morgan fingerprint density at radius 2 is 1.96 bits per heavy atom. The number of nitrogens with one attached hydrogen (secondary N) is 1. The number of anilines is 1. The first kappa shape index (κ1) is 18.3. The van der Waals surface area contributed by atoms with Gasteiger partial charge in [0, 0.05) is 17.3 Å². The van der Waals surface area contributed by atoms with Gasteiger partial charge in [-0.25, -0.2) is 8.42 Å². The number of carbonyl (C=O) groups is 1. The average Bonchev–Trinajstić information content (AvgIpc) is 3.32. The first-order valence-electron chi connectivity index (χ1n) is 8.26. The molecule has 10 heteroatoms. The second-order valence-electron chi connectivity index (χ2n) is 6.16. The molecule has 0 spiro atoms. The number of fused-ring (bicyclic) bond motifs is 1. The minimum atomic E-state index is -3.87. The second kappa shape index (κ2) is 7.16. The van der Waals surface area contributed by atoms with E-state index < -0.39 is 16.1 Å². The van der Waals surface area contributed by atoms with Crippen molar-refractivity contribution in [2.24, 2.45) is 0 Å². The lowest BCUT2D eigenvalue weighted by atomic mass is 10.2. The van der Waals surface area contributed by atoms with Gasteiger partial charge in [-0.15, -0.1) is 0 Å². The normalized spacial score (nSPS) is 18.0. The minimum absolute atomic E-state index is 0.0833. The molecule has 1 aromatic heterocycles. The predicted octanol–water partition coefficient (Wildman–Crippen LogP) is 3.14. The fraction of sp³-hybridized carbons (Fsp3) is 0.235. The van der Waals surface area contributed by atoms with Gasteiger partial charge >= 0.3 is 0 Å². The van der Waals surface area contributed by atoms with Crippen molar-refractivity contribution in [2.75, 3.05) is 11.9 Å². The molecule has 0 aliphatic carbocycles. The maximum absolute atomic E-state index is 13.2. The molecule has 1 saturated heterocycles.